The van der Waals surface area contributed by atoms with Crippen LogP contribution in [0.4, 0.5) is 17.1 Å². The lowest BCUT2D eigenvalue weighted by Gasteiger charge is -2.11. The Labute approximate surface area is 120 Å². The first kappa shape index (κ1) is 13.8. The van der Waals surface area contributed by atoms with Gasteiger partial charge in [-0.3, -0.25) is 10.1 Å². The minimum Gasteiger partial charge on any atom is -0.354 e. The minimum absolute atomic E-state index is 0.116. The van der Waals surface area contributed by atoms with E-state index in [2.05, 4.69) is 5.32 Å². The standard InChI is InChI=1S/C14H10ClN3O2/c1-9-2-3-11(15)7-14(9)17-13-5-4-12(18(19)20)6-10(13)8-16/h2-7,17H,1H3. The third kappa shape index (κ3) is 2.87. The molecule has 0 amide bonds. The summed E-state index contributed by atoms with van der Waals surface area (Å²) in [5, 5.41) is 23.4. The van der Waals surface area contributed by atoms with Gasteiger partial charge < -0.3 is 5.32 Å². The first-order valence-corrected chi connectivity index (χ1v) is 6.11. The van der Waals surface area contributed by atoms with Gasteiger partial charge in [-0.25, -0.2) is 0 Å². The van der Waals surface area contributed by atoms with E-state index in [1.807, 2.05) is 19.1 Å². The molecular formula is C14H10ClN3O2. The van der Waals surface area contributed by atoms with E-state index in [-0.39, 0.29) is 11.3 Å². The van der Waals surface area contributed by atoms with Gasteiger partial charge in [0.2, 0.25) is 0 Å². The Bertz CT molecular complexity index is 723. The molecule has 1 N–H and O–H groups in total. The van der Waals surface area contributed by atoms with Crippen LogP contribution in [0.1, 0.15) is 11.1 Å². The molecule has 0 unspecified atom stereocenters. The van der Waals surface area contributed by atoms with E-state index in [4.69, 9.17) is 16.9 Å². The maximum Gasteiger partial charge on any atom is 0.270 e. The average molecular weight is 288 g/mol. The lowest BCUT2D eigenvalue weighted by molar-refractivity contribution is -0.384. The first-order valence-electron chi connectivity index (χ1n) is 5.73. The number of anilines is 2. The maximum absolute atomic E-state index is 10.7. The molecule has 0 saturated heterocycles. The van der Waals surface area contributed by atoms with E-state index in [1.165, 1.54) is 18.2 Å². The predicted octanol–water partition coefficient (Wildman–Crippen LogP) is 4.17. The Hall–Kier alpha value is -2.58. The molecule has 20 heavy (non-hydrogen) atoms. The Balaban J connectivity index is 2.41. The van der Waals surface area contributed by atoms with Crippen LogP contribution < -0.4 is 5.32 Å². The molecule has 0 aromatic heterocycles. The van der Waals surface area contributed by atoms with Crippen molar-refractivity contribution in [3.63, 3.8) is 0 Å². The van der Waals surface area contributed by atoms with Crippen molar-refractivity contribution in [1.82, 2.24) is 0 Å². The fourth-order valence-electron chi connectivity index (χ4n) is 1.72. The van der Waals surface area contributed by atoms with Crippen molar-refractivity contribution in [2.75, 3.05) is 5.32 Å². The summed E-state index contributed by atoms with van der Waals surface area (Å²) >= 11 is 5.93. The van der Waals surface area contributed by atoms with Gasteiger partial charge in [0.05, 0.1) is 16.2 Å². The second kappa shape index (κ2) is 5.59. The number of nitrogens with zero attached hydrogens (tertiary/aromatic N) is 2. The van der Waals surface area contributed by atoms with Crippen molar-refractivity contribution in [1.29, 1.82) is 5.26 Å². The van der Waals surface area contributed by atoms with Gasteiger partial charge in [-0.1, -0.05) is 17.7 Å². The third-order valence-corrected chi connectivity index (χ3v) is 3.04. The number of non-ortho nitro benzene ring substituents is 1. The molecule has 0 aliphatic carbocycles. The fourth-order valence-corrected chi connectivity index (χ4v) is 1.89. The smallest absolute Gasteiger partial charge is 0.270 e. The highest BCUT2D eigenvalue weighted by atomic mass is 35.5. The van der Waals surface area contributed by atoms with Gasteiger partial charge in [0, 0.05) is 22.8 Å². The highest BCUT2D eigenvalue weighted by molar-refractivity contribution is 6.30. The monoisotopic (exact) mass is 287 g/mol. The zero-order chi connectivity index (χ0) is 14.7. The summed E-state index contributed by atoms with van der Waals surface area (Å²) in [4.78, 5) is 10.2. The lowest BCUT2D eigenvalue weighted by Crippen LogP contribution is -1.97. The quantitative estimate of drug-likeness (QED) is 0.678. The van der Waals surface area contributed by atoms with Gasteiger partial charge in [0.1, 0.15) is 6.07 Å². The van der Waals surface area contributed by atoms with Crippen molar-refractivity contribution < 1.29 is 4.92 Å². The zero-order valence-electron chi connectivity index (χ0n) is 10.6. The molecule has 2 aromatic rings. The van der Waals surface area contributed by atoms with Crippen LogP contribution in [0.25, 0.3) is 0 Å². The van der Waals surface area contributed by atoms with Crippen molar-refractivity contribution in [3.8, 4) is 6.07 Å². The summed E-state index contributed by atoms with van der Waals surface area (Å²) in [5.41, 5.74) is 2.30. The van der Waals surface area contributed by atoms with E-state index >= 15 is 0 Å². The van der Waals surface area contributed by atoms with E-state index in [0.717, 1.165) is 11.3 Å². The van der Waals surface area contributed by atoms with Gasteiger partial charge in [-0.15, -0.1) is 0 Å². The molecule has 100 valence electrons. The number of hydrogen-bond donors (Lipinski definition) is 1. The van der Waals surface area contributed by atoms with Gasteiger partial charge in [0.15, 0.2) is 0 Å². The number of aryl methyl sites for hydroxylation is 1. The molecule has 0 spiro atoms. The Morgan fingerprint density at radius 1 is 1.25 bits per heavy atom. The van der Waals surface area contributed by atoms with Gasteiger partial charge in [-0.05, 0) is 30.7 Å². The number of nitro groups is 1. The van der Waals surface area contributed by atoms with Crippen molar-refractivity contribution in [3.05, 3.63) is 62.7 Å². The number of nitro benzene ring substituents is 1. The van der Waals surface area contributed by atoms with E-state index < -0.39 is 4.92 Å². The number of rotatable bonds is 3. The summed E-state index contributed by atoms with van der Waals surface area (Å²) in [7, 11) is 0. The lowest BCUT2D eigenvalue weighted by atomic mass is 10.1. The van der Waals surface area contributed by atoms with Crippen LogP contribution in [0.3, 0.4) is 0 Å². The van der Waals surface area contributed by atoms with Gasteiger partial charge >= 0.3 is 0 Å². The number of benzene rings is 2. The normalized spacial score (nSPS) is 9.85. The predicted molar refractivity (Wildman–Crippen MR) is 77.3 cm³/mol. The second-order valence-electron chi connectivity index (χ2n) is 4.18. The van der Waals surface area contributed by atoms with Gasteiger partial charge in [-0.2, -0.15) is 5.26 Å². The molecule has 0 bridgehead atoms. The zero-order valence-corrected chi connectivity index (χ0v) is 11.3. The first-order chi connectivity index (χ1) is 9.51. The van der Waals surface area contributed by atoms with E-state index in [1.54, 1.807) is 12.1 Å². The largest absolute Gasteiger partial charge is 0.354 e. The topological polar surface area (TPSA) is 79.0 Å². The second-order valence-corrected chi connectivity index (χ2v) is 4.62. The van der Waals surface area contributed by atoms with Crippen LogP contribution in [-0.4, -0.2) is 4.92 Å². The minimum atomic E-state index is -0.532. The molecule has 0 fully saturated rings. The third-order valence-electron chi connectivity index (χ3n) is 2.80. The molecule has 5 nitrogen and oxygen atoms in total. The number of nitrogens with one attached hydrogen (secondary N) is 1. The van der Waals surface area contributed by atoms with Crippen LogP contribution in [0.2, 0.25) is 5.02 Å². The molecular weight excluding hydrogens is 278 g/mol. The summed E-state index contributed by atoms with van der Waals surface area (Å²) in [6, 6.07) is 11.4. The Morgan fingerprint density at radius 3 is 2.65 bits per heavy atom. The van der Waals surface area contributed by atoms with E-state index in [9.17, 15) is 10.1 Å². The summed E-state index contributed by atoms with van der Waals surface area (Å²) in [6.07, 6.45) is 0. The van der Waals surface area contributed by atoms with Crippen LogP contribution >= 0.6 is 11.6 Å². The highest BCUT2D eigenvalue weighted by Gasteiger charge is 2.11. The van der Waals surface area contributed by atoms with Crippen LogP contribution in [0, 0.1) is 28.4 Å². The summed E-state index contributed by atoms with van der Waals surface area (Å²) < 4.78 is 0. The molecule has 0 aliphatic rings. The van der Waals surface area contributed by atoms with Crippen molar-refractivity contribution >= 4 is 28.7 Å². The van der Waals surface area contributed by atoms with Crippen molar-refractivity contribution in [2.45, 2.75) is 6.92 Å². The number of hydrogen-bond acceptors (Lipinski definition) is 4. The molecule has 2 aromatic carbocycles. The van der Waals surface area contributed by atoms with Gasteiger partial charge in [0.25, 0.3) is 5.69 Å². The molecule has 0 heterocycles. The fraction of sp³-hybridized carbons (Fsp3) is 0.0714. The molecule has 6 heteroatoms. The molecule has 0 radical (unpaired) electrons. The highest BCUT2D eigenvalue weighted by Crippen LogP contribution is 2.28. The Morgan fingerprint density at radius 2 is 2.00 bits per heavy atom. The average Bonchev–Trinajstić information content (AvgIpc) is 2.43. The maximum atomic E-state index is 10.7. The van der Waals surface area contributed by atoms with Crippen LogP contribution in [0.15, 0.2) is 36.4 Å². The summed E-state index contributed by atoms with van der Waals surface area (Å²) in [6.45, 7) is 1.90. The molecule has 0 saturated carbocycles. The van der Waals surface area contributed by atoms with Crippen molar-refractivity contribution in [2.24, 2.45) is 0 Å². The molecule has 0 atom stereocenters. The Kier molecular flexibility index (Phi) is 3.87. The molecule has 2 rings (SSSR count). The number of nitriles is 1. The van der Waals surface area contributed by atoms with Crippen LogP contribution in [-0.2, 0) is 0 Å². The SMILES string of the molecule is Cc1ccc(Cl)cc1Nc1ccc([N+](=O)[O-])cc1C#N. The molecule has 0 aliphatic heterocycles. The number of halogens is 1. The van der Waals surface area contributed by atoms with Crippen LogP contribution in [0.5, 0.6) is 0 Å². The van der Waals surface area contributed by atoms with E-state index in [0.29, 0.717) is 10.7 Å². The summed E-state index contributed by atoms with van der Waals surface area (Å²) in [5.74, 6) is 0.